The van der Waals surface area contributed by atoms with E-state index in [1.165, 1.54) is 24.3 Å². The van der Waals surface area contributed by atoms with Crippen molar-refractivity contribution in [2.24, 2.45) is 0 Å². The molecule has 1 N–H and O–H groups in total. The Kier molecular flexibility index (Phi) is 5.35. The minimum atomic E-state index is -1.27. The maximum Gasteiger partial charge on any atom is 0.325 e. The maximum absolute atomic E-state index is 13.3. The highest BCUT2D eigenvalue weighted by Crippen LogP contribution is 2.34. The van der Waals surface area contributed by atoms with Gasteiger partial charge in [-0.05, 0) is 24.1 Å². The Morgan fingerprint density at radius 3 is 2.37 bits per heavy atom. The van der Waals surface area contributed by atoms with Crippen molar-refractivity contribution in [1.82, 2.24) is 10.2 Å². The number of urea groups is 1. The highest BCUT2D eigenvalue weighted by molar-refractivity contribution is 6.11. The number of ketones is 1. The lowest BCUT2D eigenvalue weighted by atomic mass is 9.84. The number of nitrogens with zero attached hydrogens (tertiary/aromatic N) is 1. The summed E-state index contributed by atoms with van der Waals surface area (Å²) < 4.78 is 13.3. The summed E-state index contributed by atoms with van der Waals surface area (Å²) in [7, 11) is 0. The molecule has 3 rings (SSSR count). The molecule has 140 valence electrons. The van der Waals surface area contributed by atoms with Gasteiger partial charge in [0.2, 0.25) is 0 Å². The second kappa shape index (κ2) is 7.70. The number of halogens is 1. The van der Waals surface area contributed by atoms with Crippen LogP contribution in [0.2, 0.25) is 0 Å². The molecule has 0 unspecified atom stereocenters. The van der Waals surface area contributed by atoms with Crippen molar-refractivity contribution in [3.05, 3.63) is 71.5 Å². The van der Waals surface area contributed by atoms with E-state index in [0.717, 1.165) is 11.3 Å². The highest BCUT2D eigenvalue weighted by Gasteiger charge is 2.52. The highest BCUT2D eigenvalue weighted by atomic mass is 19.1. The van der Waals surface area contributed by atoms with Gasteiger partial charge in [-0.1, -0.05) is 62.2 Å². The zero-order chi connectivity index (χ0) is 19.4. The fourth-order valence-corrected chi connectivity index (χ4v) is 3.31. The molecule has 3 amide bonds. The van der Waals surface area contributed by atoms with E-state index in [9.17, 15) is 18.8 Å². The molecule has 0 saturated carbocycles. The number of hydrogen-bond donors (Lipinski definition) is 1. The molecule has 5 nitrogen and oxygen atoms in total. The van der Waals surface area contributed by atoms with Crippen LogP contribution in [0.15, 0.2) is 54.6 Å². The van der Waals surface area contributed by atoms with Gasteiger partial charge in [-0.3, -0.25) is 14.5 Å². The van der Waals surface area contributed by atoms with Gasteiger partial charge in [-0.2, -0.15) is 0 Å². The lowest BCUT2D eigenvalue weighted by Gasteiger charge is -2.27. The largest absolute Gasteiger partial charge is 0.325 e. The number of benzene rings is 2. The van der Waals surface area contributed by atoms with Gasteiger partial charge in [0, 0.05) is 5.56 Å². The fraction of sp³-hybridized carbons (Fsp3) is 0.286. The summed E-state index contributed by atoms with van der Waals surface area (Å²) in [4.78, 5) is 39.2. The first kappa shape index (κ1) is 18.8. The average Bonchev–Trinajstić information content (AvgIpc) is 2.92. The molecule has 1 saturated heterocycles. The van der Waals surface area contributed by atoms with Crippen molar-refractivity contribution >= 4 is 17.7 Å². The molecule has 1 heterocycles. The van der Waals surface area contributed by atoms with Crippen LogP contribution >= 0.6 is 0 Å². The van der Waals surface area contributed by atoms with Crippen LogP contribution in [0.5, 0.6) is 0 Å². The van der Waals surface area contributed by atoms with Gasteiger partial charge in [0.25, 0.3) is 5.91 Å². The van der Waals surface area contributed by atoms with E-state index in [1.807, 2.05) is 6.92 Å². The third-order valence-corrected chi connectivity index (χ3v) is 4.82. The molecular weight excluding hydrogens is 347 g/mol. The standard InChI is InChI=1S/C21H21FN2O3/c1-2-3-13-21(16-9-11-17(22)12-10-16)19(26)24(20(27)23-21)14-18(25)15-7-5-4-6-8-15/h4-12H,2-3,13-14H2,1H3,(H,23,27)/t21-/m0/s1. The molecule has 0 bridgehead atoms. The molecule has 27 heavy (non-hydrogen) atoms. The van der Waals surface area contributed by atoms with Gasteiger partial charge >= 0.3 is 6.03 Å². The zero-order valence-electron chi connectivity index (χ0n) is 15.1. The Bertz CT molecular complexity index is 851. The number of carbonyl (C=O) groups excluding carboxylic acids is 3. The number of amides is 3. The van der Waals surface area contributed by atoms with Crippen LogP contribution in [0.3, 0.4) is 0 Å². The summed E-state index contributed by atoms with van der Waals surface area (Å²) in [5.41, 5.74) is -0.311. The van der Waals surface area contributed by atoms with E-state index in [-0.39, 0.29) is 12.3 Å². The summed E-state index contributed by atoms with van der Waals surface area (Å²) in [6.07, 6.45) is 1.91. The SMILES string of the molecule is CCCC[C@@]1(c2ccc(F)cc2)NC(=O)N(CC(=O)c2ccccc2)C1=O. The molecule has 6 heteroatoms. The van der Waals surface area contributed by atoms with E-state index in [1.54, 1.807) is 30.3 Å². The van der Waals surface area contributed by atoms with Crippen LogP contribution in [0.25, 0.3) is 0 Å². The van der Waals surface area contributed by atoms with Crippen molar-refractivity contribution in [3.63, 3.8) is 0 Å². The number of unbranched alkanes of at least 4 members (excludes halogenated alkanes) is 1. The van der Waals surface area contributed by atoms with E-state index < -0.39 is 23.3 Å². The van der Waals surface area contributed by atoms with Gasteiger partial charge in [-0.15, -0.1) is 0 Å². The van der Waals surface area contributed by atoms with E-state index in [2.05, 4.69) is 5.32 Å². The van der Waals surface area contributed by atoms with Crippen molar-refractivity contribution in [1.29, 1.82) is 0 Å². The molecular formula is C21H21FN2O3. The molecule has 2 aromatic carbocycles. The summed E-state index contributed by atoms with van der Waals surface area (Å²) in [5, 5.41) is 2.76. The summed E-state index contributed by atoms with van der Waals surface area (Å²) in [6, 6.07) is 13.5. The Morgan fingerprint density at radius 1 is 1.07 bits per heavy atom. The molecule has 0 spiro atoms. The molecule has 1 fully saturated rings. The molecule has 0 aliphatic carbocycles. The van der Waals surface area contributed by atoms with E-state index in [4.69, 9.17) is 0 Å². The van der Waals surface area contributed by atoms with Gasteiger partial charge in [0.1, 0.15) is 11.4 Å². The minimum Gasteiger partial charge on any atom is -0.319 e. The summed E-state index contributed by atoms with van der Waals surface area (Å²) >= 11 is 0. The normalized spacial score (nSPS) is 19.3. The third-order valence-electron chi connectivity index (χ3n) is 4.82. The summed E-state index contributed by atoms with van der Waals surface area (Å²) in [6.45, 7) is 1.65. The van der Waals surface area contributed by atoms with Crippen molar-refractivity contribution < 1.29 is 18.8 Å². The van der Waals surface area contributed by atoms with Gasteiger partial charge in [-0.25, -0.2) is 9.18 Å². The number of carbonyl (C=O) groups is 3. The Balaban J connectivity index is 1.90. The van der Waals surface area contributed by atoms with Crippen LogP contribution in [0.4, 0.5) is 9.18 Å². The number of Topliss-reactive ketones (excluding diaryl/α,β-unsaturated/α-hetero) is 1. The van der Waals surface area contributed by atoms with Crippen LogP contribution in [-0.2, 0) is 10.3 Å². The number of rotatable bonds is 7. The molecule has 2 aromatic rings. The van der Waals surface area contributed by atoms with Crippen LogP contribution < -0.4 is 5.32 Å². The molecule has 1 aliphatic heterocycles. The first-order chi connectivity index (χ1) is 13.0. The topological polar surface area (TPSA) is 66.5 Å². The third kappa shape index (κ3) is 3.60. The minimum absolute atomic E-state index is 0.315. The van der Waals surface area contributed by atoms with Crippen molar-refractivity contribution in [3.8, 4) is 0 Å². The predicted octanol–water partition coefficient (Wildman–Crippen LogP) is 3.65. The average molecular weight is 368 g/mol. The van der Waals surface area contributed by atoms with Crippen molar-refractivity contribution in [2.45, 2.75) is 31.7 Å². The Hall–Kier alpha value is -3.02. The van der Waals surface area contributed by atoms with E-state index in [0.29, 0.717) is 24.0 Å². The summed E-state index contributed by atoms with van der Waals surface area (Å²) in [5.74, 6) is -1.21. The predicted molar refractivity (Wildman–Crippen MR) is 98.6 cm³/mol. The Morgan fingerprint density at radius 2 is 1.74 bits per heavy atom. The van der Waals surface area contributed by atoms with Crippen LogP contribution in [0.1, 0.15) is 42.1 Å². The van der Waals surface area contributed by atoms with Gasteiger partial charge < -0.3 is 5.32 Å². The number of hydrogen-bond acceptors (Lipinski definition) is 3. The van der Waals surface area contributed by atoms with Gasteiger partial charge in [0.05, 0.1) is 6.54 Å². The molecule has 0 radical (unpaired) electrons. The lowest BCUT2D eigenvalue weighted by molar-refractivity contribution is -0.131. The van der Waals surface area contributed by atoms with Gasteiger partial charge in [0.15, 0.2) is 5.78 Å². The lowest BCUT2D eigenvalue weighted by Crippen LogP contribution is -2.44. The quantitative estimate of drug-likeness (QED) is 0.599. The van der Waals surface area contributed by atoms with Crippen LogP contribution in [-0.4, -0.2) is 29.2 Å². The first-order valence-corrected chi connectivity index (χ1v) is 8.96. The van der Waals surface area contributed by atoms with Crippen molar-refractivity contribution in [2.75, 3.05) is 6.54 Å². The Labute approximate surface area is 157 Å². The fourth-order valence-electron chi connectivity index (χ4n) is 3.31. The first-order valence-electron chi connectivity index (χ1n) is 8.96. The number of imide groups is 1. The second-order valence-electron chi connectivity index (χ2n) is 6.63. The zero-order valence-corrected chi connectivity index (χ0v) is 15.1. The van der Waals surface area contributed by atoms with Crippen LogP contribution in [0, 0.1) is 5.82 Å². The second-order valence-corrected chi connectivity index (χ2v) is 6.63. The molecule has 1 atom stereocenters. The molecule has 1 aliphatic rings. The smallest absolute Gasteiger partial charge is 0.319 e. The molecule has 0 aromatic heterocycles. The number of nitrogens with one attached hydrogen (secondary N) is 1. The monoisotopic (exact) mass is 368 g/mol. The van der Waals surface area contributed by atoms with E-state index >= 15 is 0 Å². The maximum atomic E-state index is 13.3.